The van der Waals surface area contributed by atoms with Gasteiger partial charge in [0.2, 0.25) is 0 Å². The first-order valence-corrected chi connectivity index (χ1v) is 17.3. The van der Waals surface area contributed by atoms with E-state index < -0.39 is 29.6 Å². The molecule has 0 aromatic carbocycles. The van der Waals surface area contributed by atoms with Crippen molar-refractivity contribution in [2.45, 2.75) is 65.1 Å². The minimum Gasteiger partial charge on any atom is -0.481 e. The Bertz CT molecular complexity index is 2320. The number of H-pyrrole nitrogens is 2. The largest absolute Gasteiger partial charge is 0.481 e. The molecule has 3 aromatic rings. The maximum atomic E-state index is 13.7. The minimum atomic E-state index is -1.37. The summed E-state index contributed by atoms with van der Waals surface area (Å²) >= 11 is 0. The van der Waals surface area contributed by atoms with E-state index in [4.69, 9.17) is 24.2 Å². The van der Waals surface area contributed by atoms with E-state index >= 15 is 0 Å². The minimum absolute atomic E-state index is 0.0775. The fraction of sp³-hybridized carbons (Fsp3) is 0.341. The van der Waals surface area contributed by atoms with Crippen LogP contribution in [0.1, 0.15) is 78.1 Å². The number of hydrogen-bond acceptors (Lipinski definition) is 9. The molecular weight excluding hydrogens is 676 g/mol. The van der Waals surface area contributed by atoms with Crippen LogP contribution in [0.25, 0.3) is 44.9 Å². The average Bonchev–Trinajstić information content (AvgIpc) is 3.79. The summed E-state index contributed by atoms with van der Waals surface area (Å²) in [4.78, 5) is 55.1. The molecule has 53 heavy (non-hydrogen) atoms. The lowest BCUT2D eigenvalue weighted by Crippen LogP contribution is -2.43. The van der Waals surface area contributed by atoms with E-state index in [2.05, 4.69) is 16.5 Å². The van der Waals surface area contributed by atoms with Crippen LogP contribution < -0.4 is 0 Å². The maximum Gasteiger partial charge on any atom is 0.314 e. The van der Waals surface area contributed by atoms with Crippen LogP contribution in [0.2, 0.25) is 0 Å². The maximum absolute atomic E-state index is 13.7. The predicted octanol–water partition coefficient (Wildman–Crippen LogP) is 6.51. The fourth-order valence-electron chi connectivity index (χ4n) is 7.78. The number of hydrogen-bond donors (Lipinski definition) is 4. The van der Waals surface area contributed by atoms with Gasteiger partial charge in [0.15, 0.2) is 6.29 Å². The third kappa shape index (κ3) is 6.42. The normalized spacial score (nSPS) is 18.5. The lowest BCUT2D eigenvalue weighted by Gasteiger charge is -2.38. The zero-order valence-electron chi connectivity index (χ0n) is 31.0. The summed E-state index contributed by atoms with van der Waals surface area (Å²) in [6.07, 6.45) is 4.62. The summed E-state index contributed by atoms with van der Waals surface area (Å²) in [5.41, 5.74) is 10.4. The molecule has 12 heteroatoms. The van der Waals surface area contributed by atoms with Gasteiger partial charge in [-0.1, -0.05) is 24.8 Å². The summed E-state index contributed by atoms with van der Waals surface area (Å²) < 4.78 is 15.6. The second-order valence-electron chi connectivity index (χ2n) is 13.7. The number of rotatable bonds is 10. The number of esters is 2. The second-order valence-corrected chi connectivity index (χ2v) is 13.7. The number of aromatic amines is 2. The Hall–Kier alpha value is -5.59. The number of aliphatic hydroxyl groups excluding tert-OH is 1. The molecule has 3 atom stereocenters. The summed E-state index contributed by atoms with van der Waals surface area (Å²) in [7, 11) is 4.02. The Balaban J connectivity index is 1.77. The first-order chi connectivity index (χ1) is 25.3. The van der Waals surface area contributed by atoms with Crippen LogP contribution in [0.5, 0.6) is 0 Å². The van der Waals surface area contributed by atoms with Crippen molar-refractivity contribution in [3.8, 4) is 0 Å². The summed E-state index contributed by atoms with van der Waals surface area (Å²) in [5, 5.41) is 20.6. The van der Waals surface area contributed by atoms with E-state index in [0.717, 1.165) is 50.0 Å². The van der Waals surface area contributed by atoms with E-state index in [9.17, 15) is 24.6 Å². The lowest BCUT2D eigenvalue weighted by atomic mass is 9.64. The molecule has 1 aliphatic carbocycles. The fourth-order valence-corrected chi connectivity index (χ4v) is 7.78. The van der Waals surface area contributed by atoms with Gasteiger partial charge >= 0.3 is 17.9 Å². The zero-order valence-corrected chi connectivity index (χ0v) is 31.0. The van der Waals surface area contributed by atoms with Crippen LogP contribution in [-0.4, -0.2) is 75.7 Å². The van der Waals surface area contributed by atoms with Crippen molar-refractivity contribution in [2.75, 3.05) is 21.3 Å². The van der Waals surface area contributed by atoms with Crippen molar-refractivity contribution in [1.82, 2.24) is 19.9 Å². The molecule has 0 radical (unpaired) electrons. The number of fused-ring (bicyclic) bond motifs is 11. The third-order valence-electron chi connectivity index (χ3n) is 10.8. The smallest absolute Gasteiger partial charge is 0.314 e. The molecule has 3 aliphatic rings. The molecule has 0 saturated heterocycles. The van der Waals surface area contributed by atoms with E-state index in [1.165, 1.54) is 21.3 Å². The topological polar surface area (TPSA) is 177 Å². The van der Waals surface area contributed by atoms with Gasteiger partial charge in [-0.05, 0) is 98.2 Å². The van der Waals surface area contributed by atoms with Crippen molar-refractivity contribution in [3.63, 3.8) is 0 Å². The van der Waals surface area contributed by atoms with E-state index in [1.54, 1.807) is 12.2 Å². The van der Waals surface area contributed by atoms with E-state index in [0.29, 0.717) is 45.8 Å². The number of nitrogens with one attached hydrogen (secondary N) is 2. The molecule has 6 rings (SSSR count). The molecule has 0 spiro atoms. The first kappa shape index (κ1) is 37.2. The van der Waals surface area contributed by atoms with Crippen molar-refractivity contribution < 1.29 is 38.8 Å². The number of carboxylic acids is 1. The number of nitrogens with zero attached hydrogens (tertiary/aromatic N) is 2. The summed E-state index contributed by atoms with van der Waals surface area (Å²) in [5.74, 6) is -2.83. The SMILES string of the molecule is C=Cc1c(C)c2cc3nc(cc4[nH]c(cc5nc(cc1[nH]2)C(C)=C5CCC(=O)O)c(CCC(=O)OC)c4C)[C@@]1(C)C3=CC=C(C(O)OC)[C@H]1C(=O)OC. The lowest BCUT2D eigenvalue weighted by molar-refractivity contribution is -0.148. The Labute approximate surface area is 306 Å². The summed E-state index contributed by atoms with van der Waals surface area (Å²) in [6.45, 7) is 11.9. The van der Waals surface area contributed by atoms with Crippen LogP contribution in [0, 0.1) is 19.8 Å². The molecule has 2 aliphatic heterocycles. The Kier molecular flexibility index (Phi) is 10.1. The molecule has 5 heterocycles. The molecule has 3 aromatic heterocycles. The van der Waals surface area contributed by atoms with Gasteiger partial charge in [0.25, 0.3) is 0 Å². The number of aliphatic carboxylic acids is 1. The Morgan fingerprint density at radius 1 is 0.887 bits per heavy atom. The molecule has 1 unspecified atom stereocenters. The van der Waals surface area contributed by atoms with Crippen molar-refractivity contribution >= 4 is 62.8 Å². The molecule has 0 fully saturated rings. The number of carbonyl (C=O) groups excluding carboxylic acids is 2. The number of aryl methyl sites for hydroxylation is 3. The number of carbonyl (C=O) groups is 3. The predicted molar refractivity (Wildman–Crippen MR) is 202 cm³/mol. The molecule has 276 valence electrons. The van der Waals surface area contributed by atoms with Gasteiger partial charge < -0.3 is 34.4 Å². The summed E-state index contributed by atoms with van der Waals surface area (Å²) in [6, 6.07) is 7.66. The van der Waals surface area contributed by atoms with E-state index in [-0.39, 0.29) is 25.2 Å². The Morgan fingerprint density at radius 3 is 2.23 bits per heavy atom. The highest BCUT2D eigenvalue weighted by Gasteiger charge is 2.53. The number of ether oxygens (including phenoxy) is 3. The molecule has 12 nitrogen and oxygen atoms in total. The van der Waals surface area contributed by atoms with Crippen molar-refractivity contribution in [1.29, 1.82) is 0 Å². The molecule has 0 saturated carbocycles. The second kappa shape index (κ2) is 14.4. The van der Waals surface area contributed by atoms with Crippen LogP contribution in [0.3, 0.4) is 0 Å². The zero-order chi connectivity index (χ0) is 38.4. The van der Waals surface area contributed by atoms with Crippen LogP contribution in [0.15, 0.2) is 48.6 Å². The molecule has 4 N–H and O–H groups in total. The number of aromatic nitrogens is 4. The molecule has 8 bridgehead atoms. The van der Waals surface area contributed by atoms with Gasteiger partial charge in [0.05, 0.1) is 48.3 Å². The average molecular weight is 721 g/mol. The van der Waals surface area contributed by atoms with Crippen LogP contribution in [0.4, 0.5) is 0 Å². The van der Waals surface area contributed by atoms with Crippen LogP contribution in [-0.2, 0) is 40.4 Å². The van der Waals surface area contributed by atoms with Gasteiger partial charge in [-0.25, -0.2) is 4.98 Å². The number of carboxylic acid groups (broad SMARTS) is 1. The highest BCUT2D eigenvalue weighted by atomic mass is 16.6. The third-order valence-corrected chi connectivity index (χ3v) is 10.8. The highest BCUT2D eigenvalue weighted by molar-refractivity contribution is 5.95. The van der Waals surface area contributed by atoms with Crippen molar-refractivity contribution in [2.24, 2.45) is 5.92 Å². The van der Waals surface area contributed by atoms with Gasteiger partial charge in [0, 0.05) is 53.2 Å². The van der Waals surface area contributed by atoms with Gasteiger partial charge in [-0.2, -0.15) is 0 Å². The number of aliphatic hydroxyl groups is 1. The number of methoxy groups -OCH3 is 3. The standard InChI is InChI=1S/C41H44N4O8/c1-9-23-20(2)29-17-34-27-13-10-26(39(49)52-7)38(40(50)53-8)41(27,5)35(45-34)19-30-22(4)25(12-15-37(48)51-6)33(44-30)18-32-24(11-14-36(46)47)21(3)28(43-32)16-31(23)42-29/h9-10,13,16-19,38-39,42,44,49H,1,11-12,14-15H2,2-8H3,(H,46,47)/t38-,39?,41+/m0/s1. The van der Waals surface area contributed by atoms with Gasteiger partial charge in [-0.3, -0.25) is 19.4 Å². The molecular formula is C41H44N4O8. The van der Waals surface area contributed by atoms with Crippen molar-refractivity contribution in [3.05, 3.63) is 93.6 Å². The van der Waals surface area contributed by atoms with Gasteiger partial charge in [-0.15, -0.1) is 0 Å². The number of allylic oxidation sites excluding steroid dienone is 5. The van der Waals surface area contributed by atoms with E-state index in [1.807, 2.05) is 58.0 Å². The Morgan fingerprint density at radius 2 is 1.57 bits per heavy atom. The first-order valence-electron chi connectivity index (χ1n) is 17.3. The molecule has 0 amide bonds. The quantitative estimate of drug-likeness (QED) is 0.133. The van der Waals surface area contributed by atoms with Gasteiger partial charge in [0.1, 0.15) is 0 Å². The monoisotopic (exact) mass is 720 g/mol. The van der Waals surface area contributed by atoms with Crippen LogP contribution >= 0.6 is 0 Å². The highest BCUT2D eigenvalue weighted by Crippen LogP contribution is 2.53.